The number of ketones is 4. The van der Waals surface area contributed by atoms with Gasteiger partial charge in [-0.2, -0.15) is 0 Å². The summed E-state index contributed by atoms with van der Waals surface area (Å²) in [7, 11) is 0. The van der Waals surface area contributed by atoms with E-state index in [0.29, 0.717) is 17.5 Å². The smallest absolute Gasteiger partial charge is 0.202 e. The van der Waals surface area contributed by atoms with Crippen LogP contribution >= 0.6 is 0 Å². The number of carbonyl (C=O) groups is 4. The predicted molar refractivity (Wildman–Crippen MR) is 131 cm³/mol. The number of phenols is 1. The third kappa shape index (κ3) is 3.99. The minimum absolute atomic E-state index is 0.0178. The Morgan fingerprint density at radius 3 is 2.39 bits per heavy atom. The molecule has 0 bridgehead atoms. The molecule has 0 saturated heterocycles. The van der Waals surface area contributed by atoms with E-state index in [1.807, 2.05) is 20.8 Å². The number of hydrogen-bond donors (Lipinski definition) is 4. The number of Topliss-reactive ketones (excluding diaryl/α,β-unsaturated/α-hetero) is 3. The zero-order chi connectivity index (χ0) is 26.7. The van der Waals surface area contributed by atoms with Crippen molar-refractivity contribution >= 4 is 35.0 Å². The van der Waals surface area contributed by atoms with Crippen LogP contribution in [0.25, 0.3) is 11.8 Å². The lowest BCUT2D eigenvalue weighted by Crippen LogP contribution is -2.57. The van der Waals surface area contributed by atoms with Crippen LogP contribution in [0.5, 0.6) is 5.75 Å². The quantitative estimate of drug-likeness (QED) is 0.367. The van der Waals surface area contributed by atoms with Crippen LogP contribution in [0.2, 0.25) is 0 Å². The average molecular weight is 495 g/mol. The highest BCUT2D eigenvalue weighted by molar-refractivity contribution is 6.23. The van der Waals surface area contributed by atoms with Crippen molar-refractivity contribution in [2.75, 3.05) is 0 Å². The molecule has 8 nitrogen and oxygen atoms in total. The van der Waals surface area contributed by atoms with Gasteiger partial charge in [-0.1, -0.05) is 32.9 Å². The topological polar surface area (TPSA) is 149 Å². The van der Waals surface area contributed by atoms with Crippen molar-refractivity contribution in [1.29, 1.82) is 0 Å². The van der Waals surface area contributed by atoms with E-state index in [1.165, 1.54) is 12.1 Å². The Kier molecular flexibility index (Phi) is 6.07. The number of allylic oxidation sites excluding steroid dienone is 2. The molecule has 3 aliphatic carbocycles. The first-order valence-corrected chi connectivity index (χ1v) is 11.9. The van der Waals surface area contributed by atoms with E-state index in [4.69, 9.17) is 0 Å². The minimum atomic E-state index is -2.52. The number of phenolic OH excluding ortho intramolecular Hbond substituents is 1. The van der Waals surface area contributed by atoms with Crippen molar-refractivity contribution in [2.45, 2.75) is 59.0 Å². The number of rotatable bonds is 4. The number of carbonyl (C=O) groups excluding carboxylic acids is 4. The summed E-state index contributed by atoms with van der Waals surface area (Å²) in [5.74, 6) is -5.85. The lowest BCUT2D eigenvalue weighted by atomic mass is 9.59. The van der Waals surface area contributed by atoms with Crippen LogP contribution in [0, 0.1) is 17.3 Å². The lowest BCUT2D eigenvalue weighted by molar-refractivity contribution is -0.147. The molecule has 1 fully saturated rings. The fourth-order valence-corrected chi connectivity index (χ4v) is 5.67. The van der Waals surface area contributed by atoms with Crippen LogP contribution in [-0.2, 0) is 25.6 Å². The van der Waals surface area contributed by atoms with Crippen LogP contribution in [-0.4, -0.2) is 49.2 Å². The van der Waals surface area contributed by atoms with Gasteiger partial charge in [-0.05, 0) is 54.4 Å². The van der Waals surface area contributed by atoms with E-state index in [2.05, 4.69) is 0 Å². The number of aromatic hydroxyl groups is 1. The van der Waals surface area contributed by atoms with Gasteiger partial charge in [0.05, 0.1) is 5.56 Å². The zero-order valence-electron chi connectivity index (χ0n) is 20.7. The van der Waals surface area contributed by atoms with Gasteiger partial charge >= 0.3 is 0 Å². The van der Waals surface area contributed by atoms with Crippen LogP contribution in [0.15, 0.2) is 35.1 Å². The Bertz CT molecular complexity index is 1300. The molecule has 4 N–H and O–H groups in total. The normalized spacial score (nSPS) is 26.1. The highest BCUT2D eigenvalue weighted by Gasteiger charge is 2.60. The molecule has 0 spiro atoms. The largest absolute Gasteiger partial charge is 0.508 e. The first-order valence-electron chi connectivity index (χ1n) is 11.9. The molecular weight excluding hydrogens is 464 g/mol. The molecule has 1 aromatic carbocycles. The Balaban J connectivity index is 1.81. The Hall–Kier alpha value is -3.52. The van der Waals surface area contributed by atoms with Crippen molar-refractivity contribution in [3.63, 3.8) is 0 Å². The van der Waals surface area contributed by atoms with Crippen molar-refractivity contribution < 1.29 is 39.6 Å². The number of benzene rings is 1. The fraction of sp³-hybridized carbons (Fsp3) is 0.429. The van der Waals surface area contributed by atoms with E-state index in [-0.39, 0.29) is 47.3 Å². The maximum atomic E-state index is 13.5. The van der Waals surface area contributed by atoms with E-state index < -0.39 is 51.9 Å². The number of aliphatic hydroxyl groups is 3. The first-order chi connectivity index (χ1) is 16.7. The SMILES string of the molecule is CC(=O)C1=C(O)[C@@]2(O)C(=O)C3=C(O)c4c(O)ccc(/C=C/C(=O)CC(C)(C)C)c4C[C@H]3C[C@H]2CC1=O. The summed E-state index contributed by atoms with van der Waals surface area (Å²) in [5, 5.41) is 43.7. The van der Waals surface area contributed by atoms with Gasteiger partial charge in [-0.15, -0.1) is 0 Å². The second-order valence-corrected chi connectivity index (χ2v) is 11.2. The zero-order valence-corrected chi connectivity index (χ0v) is 20.7. The minimum Gasteiger partial charge on any atom is -0.508 e. The third-order valence-electron chi connectivity index (χ3n) is 7.24. The van der Waals surface area contributed by atoms with Gasteiger partial charge in [0.2, 0.25) is 5.78 Å². The highest BCUT2D eigenvalue weighted by Crippen LogP contribution is 2.52. The number of hydrogen-bond acceptors (Lipinski definition) is 8. The molecular formula is C28H30O8. The molecule has 3 atom stereocenters. The molecule has 0 radical (unpaired) electrons. The maximum absolute atomic E-state index is 13.5. The van der Waals surface area contributed by atoms with Gasteiger partial charge in [-0.25, -0.2) is 0 Å². The summed E-state index contributed by atoms with van der Waals surface area (Å²) >= 11 is 0. The monoisotopic (exact) mass is 494 g/mol. The van der Waals surface area contributed by atoms with Gasteiger partial charge in [0.15, 0.2) is 23.0 Å². The maximum Gasteiger partial charge on any atom is 0.202 e. The van der Waals surface area contributed by atoms with Gasteiger partial charge in [-0.3, -0.25) is 19.2 Å². The molecule has 8 heteroatoms. The van der Waals surface area contributed by atoms with Crippen molar-refractivity contribution in [3.8, 4) is 5.75 Å². The van der Waals surface area contributed by atoms with E-state index in [0.717, 1.165) is 6.92 Å². The molecule has 0 unspecified atom stereocenters. The first kappa shape index (κ1) is 25.6. The number of fused-ring (bicyclic) bond motifs is 3. The highest BCUT2D eigenvalue weighted by atomic mass is 16.3. The summed E-state index contributed by atoms with van der Waals surface area (Å²) in [5.41, 5.74) is -2.33. The van der Waals surface area contributed by atoms with E-state index in [1.54, 1.807) is 12.1 Å². The molecule has 4 rings (SSSR count). The second kappa shape index (κ2) is 8.55. The lowest BCUT2D eigenvalue weighted by Gasteiger charge is -2.46. The third-order valence-corrected chi connectivity index (χ3v) is 7.24. The van der Waals surface area contributed by atoms with Gasteiger partial charge in [0, 0.05) is 24.3 Å². The summed E-state index contributed by atoms with van der Waals surface area (Å²) < 4.78 is 0. The van der Waals surface area contributed by atoms with Gasteiger partial charge < -0.3 is 20.4 Å². The molecule has 1 aromatic rings. The van der Waals surface area contributed by atoms with E-state index >= 15 is 0 Å². The summed E-state index contributed by atoms with van der Waals surface area (Å²) in [6.07, 6.45) is 3.39. The molecule has 0 heterocycles. The van der Waals surface area contributed by atoms with Crippen molar-refractivity contribution in [1.82, 2.24) is 0 Å². The standard InChI is InChI=1S/C28H30O8/c1-13(29)21-20(32)11-16-9-15-10-18-14(5-7-17(30)12-27(2,3)4)6-8-19(31)23(18)24(33)22(15)26(35)28(16,36)25(21)34/h5-8,15-16,31,33-34,36H,9-12H2,1-4H3/b7-5+/t15-,16+,28-/m1/s1. The molecule has 0 aliphatic heterocycles. The van der Waals surface area contributed by atoms with Crippen LogP contribution < -0.4 is 0 Å². The van der Waals surface area contributed by atoms with Crippen LogP contribution in [0.1, 0.15) is 63.6 Å². The van der Waals surface area contributed by atoms with Gasteiger partial charge in [0.1, 0.15) is 22.8 Å². The van der Waals surface area contributed by atoms with Crippen LogP contribution in [0.4, 0.5) is 0 Å². The Morgan fingerprint density at radius 2 is 1.78 bits per heavy atom. The molecule has 3 aliphatic rings. The molecule has 1 saturated carbocycles. The summed E-state index contributed by atoms with van der Waals surface area (Å²) in [4.78, 5) is 50.4. The van der Waals surface area contributed by atoms with Gasteiger partial charge in [0.25, 0.3) is 0 Å². The molecule has 0 amide bonds. The van der Waals surface area contributed by atoms with E-state index in [9.17, 15) is 39.6 Å². The molecule has 190 valence electrons. The Labute approximate surface area is 208 Å². The predicted octanol–water partition coefficient (Wildman–Crippen LogP) is 3.55. The second-order valence-electron chi connectivity index (χ2n) is 11.2. The van der Waals surface area contributed by atoms with Crippen molar-refractivity contribution in [2.24, 2.45) is 17.3 Å². The summed E-state index contributed by atoms with van der Waals surface area (Å²) in [6, 6.07) is 2.96. The number of aliphatic hydroxyl groups excluding tert-OH is 2. The Morgan fingerprint density at radius 1 is 1.11 bits per heavy atom. The summed E-state index contributed by atoms with van der Waals surface area (Å²) in [6.45, 7) is 6.93. The fourth-order valence-electron chi connectivity index (χ4n) is 5.67. The molecule has 36 heavy (non-hydrogen) atoms. The van der Waals surface area contributed by atoms with Crippen molar-refractivity contribution in [3.05, 3.63) is 51.8 Å². The molecule has 0 aromatic heterocycles. The van der Waals surface area contributed by atoms with Crippen LogP contribution in [0.3, 0.4) is 0 Å². The average Bonchev–Trinajstić information content (AvgIpc) is 2.74.